The fourth-order valence-electron chi connectivity index (χ4n) is 3.12. The van der Waals surface area contributed by atoms with Crippen LogP contribution in [-0.2, 0) is 4.79 Å². The third-order valence-corrected chi connectivity index (χ3v) is 4.82. The topological polar surface area (TPSA) is 93.5 Å². The van der Waals surface area contributed by atoms with Crippen molar-refractivity contribution in [2.45, 2.75) is 26.3 Å². The maximum Gasteiger partial charge on any atom is 0.312 e. The summed E-state index contributed by atoms with van der Waals surface area (Å²) >= 11 is 0. The van der Waals surface area contributed by atoms with Crippen LogP contribution in [0.3, 0.4) is 0 Å². The molecule has 3 aromatic rings. The first-order chi connectivity index (χ1) is 14.4. The van der Waals surface area contributed by atoms with E-state index in [1.807, 2.05) is 80.6 Å². The lowest BCUT2D eigenvalue weighted by atomic mass is 10.0. The van der Waals surface area contributed by atoms with E-state index in [1.165, 1.54) is 0 Å². The number of nitrogens with one attached hydrogen (secondary N) is 2. The van der Waals surface area contributed by atoms with Crippen molar-refractivity contribution in [1.29, 1.82) is 0 Å². The number of urea groups is 1. The molecule has 0 radical (unpaired) electrons. The number of aryl methyl sites for hydroxylation is 1. The molecule has 0 saturated heterocycles. The number of carbonyl (C=O) groups excluding carboxylic acids is 2. The van der Waals surface area contributed by atoms with Crippen LogP contribution in [0, 0.1) is 13.8 Å². The summed E-state index contributed by atoms with van der Waals surface area (Å²) in [5.41, 5.74) is 8.91. The third kappa shape index (κ3) is 5.61. The van der Waals surface area contributed by atoms with Gasteiger partial charge in [0.1, 0.15) is 11.5 Å². The molecule has 0 heterocycles. The molecule has 0 spiro atoms. The summed E-state index contributed by atoms with van der Waals surface area (Å²) in [6.45, 7) is 3.94. The Hall–Kier alpha value is -3.80. The van der Waals surface area contributed by atoms with Crippen LogP contribution >= 0.6 is 0 Å². The van der Waals surface area contributed by atoms with Crippen molar-refractivity contribution in [3.8, 4) is 11.5 Å². The van der Waals surface area contributed by atoms with E-state index < -0.39 is 12.1 Å². The molecule has 1 atom stereocenters. The summed E-state index contributed by atoms with van der Waals surface area (Å²) in [6, 6.07) is 21.1. The van der Waals surface area contributed by atoms with Gasteiger partial charge in [-0.25, -0.2) is 4.79 Å². The Labute approximate surface area is 176 Å². The monoisotopic (exact) mass is 403 g/mol. The summed E-state index contributed by atoms with van der Waals surface area (Å²) in [7, 11) is 0. The molecule has 154 valence electrons. The zero-order valence-corrected chi connectivity index (χ0v) is 17.0. The van der Waals surface area contributed by atoms with Gasteiger partial charge in [-0.05, 0) is 60.9 Å². The van der Waals surface area contributed by atoms with Gasteiger partial charge in [-0.1, -0.05) is 42.5 Å². The Morgan fingerprint density at radius 2 is 1.63 bits per heavy atom. The number of ether oxygens (including phenoxy) is 1. The third-order valence-electron chi connectivity index (χ3n) is 4.82. The van der Waals surface area contributed by atoms with Gasteiger partial charge in [0.05, 0.1) is 12.5 Å². The zero-order chi connectivity index (χ0) is 21.5. The van der Waals surface area contributed by atoms with Crippen molar-refractivity contribution >= 4 is 17.6 Å². The zero-order valence-electron chi connectivity index (χ0n) is 17.0. The quantitative estimate of drug-likeness (QED) is 0.527. The van der Waals surface area contributed by atoms with E-state index in [1.54, 1.807) is 6.07 Å². The summed E-state index contributed by atoms with van der Waals surface area (Å²) in [6.07, 6.45) is 0.0328. The number of para-hydroxylation sites is 1. The van der Waals surface area contributed by atoms with Crippen molar-refractivity contribution in [3.05, 3.63) is 89.5 Å². The highest BCUT2D eigenvalue weighted by atomic mass is 16.5. The van der Waals surface area contributed by atoms with Gasteiger partial charge < -0.3 is 21.1 Å². The van der Waals surface area contributed by atoms with Crippen molar-refractivity contribution in [2.24, 2.45) is 5.73 Å². The van der Waals surface area contributed by atoms with Gasteiger partial charge in [-0.3, -0.25) is 4.79 Å². The molecule has 0 aliphatic heterocycles. The van der Waals surface area contributed by atoms with Crippen LogP contribution in [0.5, 0.6) is 11.5 Å². The second kappa shape index (κ2) is 9.60. The number of carbonyl (C=O) groups is 2. The molecule has 1 unspecified atom stereocenters. The molecule has 3 rings (SSSR count). The lowest BCUT2D eigenvalue weighted by molar-refractivity contribution is -0.116. The highest BCUT2D eigenvalue weighted by Crippen LogP contribution is 2.26. The average Bonchev–Trinajstić information content (AvgIpc) is 2.71. The minimum atomic E-state index is -0.700. The Bertz CT molecular complexity index is 1030. The van der Waals surface area contributed by atoms with Crippen LogP contribution in [0.1, 0.15) is 29.2 Å². The molecule has 3 amide bonds. The van der Waals surface area contributed by atoms with Gasteiger partial charge in [0, 0.05) is 5.69 Å². The molecule has 4 N–H and O–H groups in total. The number of benzene rings is 3. The highest BCUT2D eigenvalue weighted by Gasteiger charge is 2.19. The van der Waals surface area contributed by atoms with Crippen molar-refractivity contribution in [3.63, 3.8) is 0 Å². The molecular formula is C24H25N3O3. The smallest absolute Gasteiger partial charge is 0.312 e. The van der Waals surface area contributed by atoms with Crippen LogP contribution in [0.25, 0.3) is 0 Å². The van der Waals surface area contributed by atoms with Gasteiger partial charge in [0.25, 0.3) is 0 Å². The van der Waals surface area contributed by atoms with Crippen LogP contribution in [0.4, 0.5) is 10.5 Å². The lowest BCUT2D eigenvalue weighted by Crippen LogP contribution is -2.35. The molecule has 0 aliphatic carbocycles. The molecule has 0 aliphatic rings. The van der Waals surface area contributed by atoms with Gasteiger partial charge in [-0.15, -0.1) is 0 Å². The van der Waals surface area contributed by atoms with Crippen LogP contribution < -0.4 is 21.1 Å². The molecule has 3 aromatic carbocycles. The first-order valence-corrected chi connectivity index (χ1v) is 9.67. The summed E-state index contributed by atoms with van der Waals surface area (Å²) in [5.74, 6) is 1.07. The number of primary amides is 1. The van der Waals surface area contributed by atoms with Gasteiger partial charge in [0.15, 0.2) is 0 Å². The molecule has 0 fully saturated rings. The number of hydrogen-bond donors (Lipinski definition) is 3. The predicted octanol–water partition coefficient (Wildman–Crippen LogP) is 4.83. The highest BCUT2D eigenvalue weighted by molar-refractivity contribution is 5.92. The van der Waals surface area contributed by atoms with E-state index in [9.17, 15) is 9.59 Å². The number of amides is 3. The van der Waals surface area contributed by atoms with E-state index in [0.29, 0.717) is 11.5 Å². The Kier molecular flexibility index (Phi) is 6.70. The molecule has 6 nitrogen and oxygen atoms in total. The maximum absolute atomic E-state index is 12.7. The van der Waals surface area contributed by atoms with Gasteiger partial charge in [-0.2, -0.15) is 0 Å². The lowest BCUT2D eigenvalue weighted by Gasteiger charge is -2.19. The first kappa shape index (κ1) is 20.9. The second-order valence-electron chi connectivity index (χ2n) is 7.05. The molecule has 0 saturated carbocycles. The largest absolute Gasteiger partial charge is 0.457 e. The molecule has 30 heavy (non-hydrogen) atoms. The Morgan fingerprint density at radius 1 is 0.933 bits per heavy atom. The normalized spacial score (nSPS) is 11.4. The van der Waals surface area contributed by atoms with Gasteiger partial charge >= 0.3 is 6.03 Å². The minimum Gasteiger partial charge on any atom is -0.457 e. The Morgan fingerprint density at radius 3 is 2.37 bits per heavy atom. The molecular weight excluding hydrogens is 378 g/mol. The fourth-order valence-corrected chi connectivity index (χ4v) is 3.12. The summed E-state index contributed by atoms with van der Waals surface area (Å²) < 4.78 is 5.86. The van der Waals surface area contributed by atoms with Crippen molar-refractivity contribution in [1.82, 2.24) is 5.32 Å². The number of anilines is 1. The van der Waals surface area contributed by atoms with E-state index in [-0.39, 0.29) is 12.3 Å². The fraction of sp³-hybridized carbons (Fsp3) is 0.167. The van der Waals surface area contributed by atoms with E-state index in [2.05, 4.69) is 10.6 Å². The van der Waals surface area contributed by atoms with E-state index in [0.717, 1.165) is 22.4 Å². The van der Waals surface area contributed by atoms with Crippen LogP contribution in [0.2, 0.25) is 0 Å². The minimum absolute atomic E-state index is 0.0328. The first-order valence-electron chi connectivity index (χ1n) is 9.67. The maximum atomic E-state index is 12.7. The molecule has 0 bridgehead atoms. The summed E-state index contributed by atoms with van der Waals surface area (Å²) in [5, 5.41) is 5.57. The number of rotatable bonds is 7. The number of hydrogen-bond acceptors (Lipinski definition) is 3. The Balaban J connectivity index is 1.77. The predicted molar refractivity (Wildman–Crippen MR) is 118 cm³/mol. The van der Waals surface area contributed by atoms with E-state index in [4.69, 9.17) is 10.5 Å². The standard InChI is InChI=1S/C24H25N3O3/c1-16-8-6-13-21(17(16)2)26-23(28)15-22(27-24(25)29)18-9-7-12-20(14-18)30-19-10-4-3-5-11-19/h3-14,22H,15H2,1-2H3,(H,26,28)(H3,25,27,29). The number of nitrogens with two attached hydrogens (primary N) is 1. The van der Waals surface area contributed by atoms with Crippen molar-refractivity contribution < 1.29 is 14.3 Å². The molecule has 6 heteroatoms. The molecule has 0 aromatic heterocycles. The average molecular weight is 403 g/mol. The van der Waals surface area contributed by atoms with Gasteiger partial charge in [0.2, 0.25) is 5.91 Å². The SMILES string of the molecule is Cc1cccc(NC(=O)CC(NC(N)=O)c2cccc(Oc3ccccc3)c2)c1C. The van der Waals surface area contributed by atoms with Crippen molar-refractivity contribution in [2.75, 3.05) is 5.32 Å². The second-order valence-corrected chi connectivity index (χ2v) is 7.05. The van der Waals surface area contributed by atoms with Crippen LogP contribution in [0.15, 0.2) is 72.8 Å². The summed E-state index contributed by atoms with van der Waals surface area (Å²) in [4.78, 5) is 24.2. The van der Waals surface area contributed by atoms with E-state index >= 15 is 0 Å². The van der Waals surface area contributed by atoms with Crippen LogP contribution in [-0.4, -0.2) is 11.9 Å².